The van der Waals surface area contributed by atoms with Gasteiger partial charge >= 0.3 is 0 Å². The second-order valence-corrected chi connectivity index (χ2v) is 5.05. The molecule has 0 bridgehead atoms. The van der Waals surface area contributed by atoms with Crippen molar-refractivity contribution in [2.75, 3.05) is 13.1 Å². The minimum atomic E-state index is -0.0942. The first-order valence-corrected chi connectivity index (χ1v) is 6.00. The van der Waals surface area contributed by atoms with Gasteiger partial charge in [0, 0.05) is 19.3 Å². The molecule has 0 spiro atoms. The van der Waals surface area contributed by atoms with Gasteiger partial charge in [0.1, 0.15) is 5.75 Å². The van der Waals surface area contributed by atoms with E-state index >= 15 is 0 Å². The fourth-order valence-corrected chi connectivity index (χ4v) is 2.57. The lowest BCUT2D eigenvalue weighted by molar-refractivity contribution is 0.0620. The van der Waals surface area contributed by atoms with E-state index in [-0.39, 0.29) is 11.7 Å². The Balaban J connectivity index is 2.17. The van der Waals surface area contributed by atoms with Crippen LogP contribution < -0.4 is 0 Å². The quantitative estimate of drug-likeness (QED) is 0.807. The first-order valence-electron chi connectivity index (χ1n) is 6.00. The Hall–Kier alpha value is -1.58. The molecule has 0 aromatic carbocycles. The Morgan fingerprint density at radius 2 is 2.06 bits per heavy atom. The van der Waals surface area contributed by atoms with E-state index in [2.05, 4.69) is 18.8 Å². The maximum atomic E-state index is 12.2. The summed E-state index contributed by atoms with van der Waals surface area (Å²) in [5.74, 6) is 0.907. The number of pyridine rings is 1. The maximum Gasteiger partial charge on any atom is 0.257 e. The molecular formula is C13H18N2O2. The number of carbonyl (C=O) groups excluding carboxylic acids is 1. The van der Waals surface area contributed by atoms with Crippen molar-refractivity contribution < 1.29 is 9.90 Å². The number of nitrogens with zero attached hydrogens (tertiary/aromatic N) is 2. The van der Waals surface area contributed by atoms with E-state index in [1.54, 1.807) is 6.07 Å². The molecular weight excluding hydrogens is 216 g/mol. The zero-order valence-electron chi connectivity index (χ0n) is 10.3. The monoisotopic (exact) mass is 234 g/mol. The Morgan fingerprint density at radius 3 is 2.65 bits per heavy atom. The molecule has 1 aromatic rings. The van der Waals surface area contributed by atoms with Crippen LogP contribution in [0.15, 0.2) is 18.5 Å². The molecule has 4 nitrogen and oxygen atoms in total. The van der Waals surface area contributed by atoms with Crippen molar-refractivity contribution >= 4 is 5.91 Å². The summed E-state index contributed by atoms with van der Waals surface area (Å²) in [5.41, 5.74) is 0.348. The summed E-state index contributed by atoms with van der Waals surface area (Å²) >= 11 is 0. The summed E-state index contributed by atoms with van der Waals surface area (Å²) in [6, 6.07) is 1.57. The highest BCUT2D eigenvalue weighted by molar-refractivity contribution is 5.96. The molecule has 1 aliphatic rings. The van der Waals surface area contributed by atoms with Crippen molar-refractivity contribution in [3.8, 4) is 5.75 Å². The lowest BCUT2D eigenvalue weighted by Crippen LogP contribution is -2.42. The lowest BCUT2D eigenvalue weighted by Gasteiger charge is -2.35. The van der Waals surface area contributed by atoms with E-state index < -0.39 is 0 Å². The zero-order chi connectivity index (χ0) is 12.4. The van der Waals surface area contributed by atoms with Gasteiger partial charge in [-0.15, -0.1) is 0 Å². The Labute approximate surface area is 101 Å². The van der Waals surface area contributed by atoms with Gasteiger partial charge in [0.25, 0.3) is 5.91 Å². The van der Waals surface area contributed by atoms with Crippen molar-refractivity contribution in [2.45, 2.75) is 20.3 Å². The predicted molar refractivity (Wildman–Crippen MR) is 64.8 cm³/mol. The van der Waals surface area contributed by atoms with Gasteiger partial charge in [0.2, 0.25) is 0 Å². The minimum absolute atomic E-state index is 0.0385. The molecule has 1 fully saturated rings. The van der Waals surface area contributed by atoms with Crippen LogP contribution in [0.4, 0.5) is 0 Å². The standard InChI is InChI=1S/C13H18N2O2/c1-9-5-10(2)8-15(7-9)13(17)11-3-4-14-6-12(11)16/h3-4,6,9-10,16H,5,7-8H2,1-2H3. The number of hydrogen-bond acceptors (Lipinski definition) is 3. The highest BCUT2D eigenvalue weighted by Gasteiger charge is 2.27. The van der Waals surface area contributed by atoms with Gasteiger partial charge in [0.05, 0.1) is 11.8 Å². The highest BCUT2D eigenvalue weighted by atomic mass is 16.3. The van der Waals surface area contributed by atoms with Gasteiger partial charge in [-0.25, -0.2) is 0 Å². The van der Waals surface area contributed by atoms with Crippen LogP contribution in [0.1, 0.15) is 30.6 Å². The molecule has 1 saturated heterocycles. The normalized spacial score (nSPS) is 24.7. The van der Waals surface area contributed by atoms with Crippen LogP contribution in [-0.4, -0.2) is 34.0 Å². The van der Waals surface area contributed by atoms with Crippen molar-refractivity contribution in [1.29, 1.82) is 0 Å². The molecule has 2 unspecified atom stereocenters. The van der Waals surface area contributed by atoms with Crippen LogP contribution in [-0.2, 0) is 0 Å². The fraction of sp³-hybridized carbons (Fsp3) is 0.538. The third-order valence-electron chi connectivity index (χ3n) is 3.19. The molecule has 1 amide bonds. The van der Waals surface area contributed by atoms with Gasteiger partial charge in [-0.2, -0.15) is 0 Å². The molecule has 2 heterocycles. The fourth-order valence-electron chi connectivity index (χ4n) is 2.57. The summed E-state index contributed by atoms with van der Waals surface area (Å²) < 4.78 is 0. The van der Waals surface area contributed by atoms with E-state index in [0.29, 0.717) is 17.4 Å². The molecule has 0 radical (unpaired) electrons. The Bertz CT molecular complexity index is 410. The molecule has 1 N–H and O–H groups in total. The first-order chi connectivity index (χ1) is 8.08. The molecule has 2 atom stereocenters. The van der Waals surface area contributed by atoms with Crippen molar-refractivity contribution in [2.24, 2.45) is 11.8 Å². The van der Waals surface area contributed by atoms with E-state index in [1.165, 1.54) is 12.4 Å². The number of aromatic nitrogens is 1. The van der Waals surface area contributed by atoms with Crippen LogP contribution in [0, 0.1) is 11.8 Å². The average Bonchev–Trinajstić information content (AvgIpc) is 2.27. The van der Waals surface area contributed by atoms with Crippen LogP contribution in [0.2, 0.25) is 0 Å². The minimum Gasteiger partial charge on any atom is -0.505 e. The number of likely N-dealkylation sites (tertiary alicyclic amines) is 1. The summed E-state index contributed by atoms with van der Waals surface area (Å²) in [6.07, 6.45) is 4.00. The molecule has 0 aliphatic carbocycles. The van der Waals surface area contributed by atoms with E-state index in [1.807, 2.05) is 4.90 Å². The molecule has 1 aromatic heterocycles. The van der Waals surface area contributed by atoms with Crippen LogP contribution >= 0.6 is 0 Å². The van der Waals surface area contributed by atoms with Gasteiger partial charge in [0.15, 0.2) is 0 Å². The molecule has 0 saturated carbocycles. The Morgan fingerprint density at radius 1 is 1.41 bits per heavy atom. The van der Waals surface area contributed by atoms with Gasteiger partial charge < -0.3 is 10.0 Å². The number of hydrogen-bond donors (Lipinski definition) is 1. The molecule has 92 valence electrons. The zero-order valence-corrected chi connectivity index (χ0v) is 10.3. The van der Waals surface area contributed by atoms with Gasteiger partial charge in [-0.3, -0.25) is 9.78 Å². The lowest BCUT2D eigenvalue weighted by atomic mass is 9.91. The van der Waals surface area contributed by atoms with E-state index in [0.717, 1.165) is 19.5 Å². The average molecular weight is 234 g/mol. The second kappa shape index (κ2) is 4.73. The van der Waals surface area contributed by atoms with Gasteiger partial charge in [-0.05, 0) is 24.3 Å². The smallest absolute Gasteiger partial charge is 0.257 e. The number of rotatable bonds is 1. The van der Waals surface area contributed by atoms with Crippen LogP contribution in [0.25, 0.3) is 0 Å². The largest absolute Gasteiger partial charge is 0.505 e. The molecule has 4 heteroatoms. The van der Waals surface area contributed by atoms with Crippen LogP contribution in [0.3, 0.4) is 0 Å². The second-order valence-electron chi connectivity index (χ2n) is 5.05. The summed E-state index contributed by atoms with van der Waals surface area (Å²) in [4.78, 5) is 17.9. The third kappa shape index (κ3) is 2.57. The van der Waals surface area contributed by atoms with Crippen molar-refractivity contribution in [1.82, 2.24) is 9.88 Å². The van der Waals surface area contributed by atoms with E-state index in [9.17, 15) is 9.90 Å². The Kier molecular flexibility index (Phi) is 3.31. The molecule has 1 aliphatic heterocycles. The van der Waals surface area contributed by atoms with Crippen molar-refractivity contribution in [3.05, 3.63) is 24.0 Å². The molecule has 2 rings (SSSR count). The SMILES string of the molecule is CC1CC(C)CN(C(=O)c2ccncc2O)C1. The maximum absolute atomic E-state index is 12.2. The topological polar surface area (TPSA) is 53.4 Å². The van der Waals surface area contributed by atoms with E-state index in [4.69, 9.17) is 0 Å². The third-order valence-corrected chi connectivity index (χ3v) is 3.19. The number of piperidine rings is 1. The van der Waals surface area contributed by atoms with Crippen LogP contribution in [0.5, 0.6) is 5.75 Å². The number of aromatic hydroxyl groups is 1. The number of carbonyl (C=O) groups is 1. The van der Waals surface area contributed by atoms with Crippen molar-refractivity contribution in [3.63, 3.8) is 0 Å². The summed E-state index contributed by atoms with van der Waals surface area (Å²) in [7, 11) is 0. The first kappa shape index (κ1) is 11.9. The highest BCUT2D eigenvalue weighted by Crippen LogP contribution is 2.24. The molecule has 17 heavy (non-hydrogen) atoms. The predicted octanol–water partition coefficient (Wildman–Crippen LogP) is 1.91. The van der Waals surface area contributed by atoms with Gasteiger partial charge in [-0.1, -0.05) is 13.8 Å². The summed E-state index contributed by atoms with van der Waals surface area (Å²) in [6.45, 7) is 5.85. The number of amides is 1. The summed E-state index contributed by atoms with van der Waals surface area (Å²) in [5, 5.41) is 9.63.